The summed E-state index contributed by atoms with van der Waals surface area (Å²) < 4.78 is 25.1. The van der Waals surface area contributed by atoms with Crippen LogP contribution in [0.2, 0.25) is 0 Å². The van der Waals surface area contributed by atoms with Gasteiger partial charge in [0.1, 0.15) is 18.7 Å². The van der Waals surface area contributed by atoms with Crippen LogP contribution in [-0.2, 0) is 18.4 Å². The number of aliphatic hydroxyl groups excluding tert-OH is 3. The molecule has 11 heteroatoms. The van der Waals surface area contributed by atoms with Crippen molar-refractivity contribution in [2.75, 3.05) is 0 Å². The molecule has 0 amide bonds. The second-order valence-corrected chi connectivity index (χ2v) is 4.54. The van der Waals surface area contributed by atoms with E-state index in [0.717, 1.165) is 0 Å². The lowest BCUT2D eigenvalue weighted by atomic mass is 10.7. The average molecular weight is 275 g/mol. The molecule has 0 aliphatic heterocycles. The van der Waals surface area contributed by atoms with Crippen LogP contribution in [0.4, 0.5) is 0 Å². The third-order valence-corrected chi connectivity index (χ3v) is 1.99. The topological polar surface area (TPSA) is 142 Å². The molecule has 0 aromatic rings. The van der Waals surface area contributed by atoms with E-state index in [1.54, 1.807) is 0 Å². The van der Waals surface area contributed by atoms with Crippen LogP contribution < -0.4 is 16.4 Å². The van der Waals surface area contributed by atoms with Crippen molar-refractivity contribution in [1.82, 2.24) is 16.4 Å². The van der Waals surface area contributed by atoms with Gasteiger partial charge in [0, 0.05) is 0 Å². The van der Waals surface area contributed by atoms with Crippen LogP contribution >= 0.6 is 7.82 Å². The maximum atomic E-state index is 11.7. The van der Waals surface area contributed by atoms with Gasteiger partial charge in [0.05, 0.1) is 0 Å². The zero-order valence-corrected chi connectivity index (χ0v) is 10.5. The van der Waals surface area contributed by atoms with Crippen LogP contribution in [0.25, 0.3) is 0 Å². The minimum Gasteiger partial charge on any atom is -0.377 e. The fraction of sp³-hybridized carbons (Fsp3) is 1.00. The molecule has 0 heterocycles. The maximum absolute atomic E-state index is 11.7. The predicted octanol–water partition coefficient (Wildman–Crippen LogP) is -1.33. The van der Waals surface area contributed by atoms with Crippen molar-refractivity contribution in [3.8, 4) is 0 Å². The van der Waals surface area contributed by atoms with E-state index in [9.17, 15) is 4.57 Å². The maximum Gasteiger partial charge on any atom is 0.524 e. The fourth-order valence-corrected chi connectivity index (χ4v) is 1.44. The molecule has 0 aliphatic carbocycles. The van der Waals surface area contributed by atoms with Gasteiger partial charge in [-0.15, -0.1) is 0 Å². The Bertz CT molecular complexity index is 212. The van der Waals surface area contributed by atoms with E-state index in [1.165, 1.54) is 20.8 Å². The van der Waals surface area contributed by atoms with Gasteiger partial charge < -0.3 is 15.3 Å². The van der Waals surface area contributed by atoms with Gasteiger partial charge in [-0.3, -0.25) is 0 Å². The minimum atomic E-state index is -4.19. The molecule has 0 aliphatic rings. The molecule has 0 saturated heterocycles. The van der Waals surface area contributed by atoms with Crippen molar-refractivity contribution in [1.29, 1.82) is 0 Å². The standard InChI is InChI=1S/C6H18N3O7P/c1-4(10)7-14-17(13,15-8-5(2)11)16-9-6(3)12/h4-12H,1-3H3. The number of phosphoric acid groups is 1. The molecule has 0 radical (unpaired) electrons. The van der Waals surface area contributed by atoms with Crippen molar-refractivity contribution in [3.63, 3.8) is 0 Å². The molecule has 17 heavy (non-hydrogen) atoms. The highest BCUT2D eigenvalue weighted by Crippen LogP contribution is 2.46. The summed E-state index contributed by atoms with van der Waals surface area (Å²) in [5.74, 6) is 0. The van der Waals surface area contributed by atoms with E-state index < -0.39 is 26.5 Å². The zero-order chi connectivity index (χ0) is 13.5. The van der Waals surface area contributed by atoms with Crippen LogP contribution in [0.5, 0.6) is 0 Å². The van der Waals surface area contributed by atoms with E-state index in [1.807, 2.05) is 16.4 Å². The van der Waals surface area contributed by atoms with Crippen molar-refractivity contribution in [2.45, 2.75) is 39.5 Å². The summed E-state index contributed by atoms with van der Waals surface area (Å²) in [5, 5.41) is 26.6. The van der Waals surface area contributed by atoms with E-state index in [4.69, 9.17) is 15.3 Å². The summed E-state index contributed by atoms with van der Waals surface area (Å²) in [7, 11) is -4.19. The van der Waals surface area contributed by atoms with Gasteiger partial charge in [-0.05, 0) is 20.8 Å². The summed E-state index contributed by atoms with van der Waals surface area (Å²) in [5.41, 5.74) is 5.80. The first kappa shape index (κ1) is 16.9. The Labute approximate surface area is 98.3 Å². The highest BCUT2D eigenvalue weighted by atomic mass is 31.2. The van der Waals surface area contributed by atoms with Crippen molar-refractivity contribution >= 4 is 7.82 Å². The highest BCUT2D eigenvalue weighted by Gasteiger charge is 2.30. The van der Waals surface area contributed by atoms with Gasteiger partial charge in [0.25, 0.3) is 0 Å². The second-order valence-electron chi connectivity index (χ2n) is 3.10. The lowest BCUT2D eigenvalue weighted by molar-refractivity contribution is -0.0689. The number of hydrogen-bond donors (Lipinski definition) is 6. The van der Waals surface area contributed by atoms with Crippen LogP contribution in [0.15, 0.2) is 0 Å². The molecule has 10 nitrogen and oxygen atoms in total. The molecule has 0 rings (SSSR count). The molecule has 3 atom stereocenters. The van der Waals surface area contributed by atoms with E-state index >= 15 is 0 Å². The molecule has 6 N–H and O–H groups in total. The number of nitrogens with one attached hydrogen (secondary N) is 3. The normalized spacial score (nSPS) is 20.6. The molecule has 0 fully saturated rings. The minimum absolute atomic E-state index is 1.13. The van der Waals surface area contributed by atoms with Crippen molar-refractivity contribution < 1.29 is 33.8 Å². The Morgan fingerprint density at radius 3 is 1.24 bits per heavy atom. The van der Waals surface area contributed by atoms with Gasteiger partial charge in [-0.25, -0.2) is 4.57 Å². The van der Waals surface area contributed by atoms with Crippen LogP contribution in [-0.4, -0.2) is 34.0 Å². The molecule has 0 saturated carbocycles. The van der Waals surface area contributed by atoms with Gasteiger partial charge in [-0.2, -0.15) is 30.3 Å². The quantitative estimate of drug-likeness (QED) is 0.170. The summed E-state index contributed by atoms with van der Waals surface area (Å²) in [6.07, 6.45) is -3.39. The summed E-state index contributed by atoms with van der Waals surface area (Å²) >= 11 is 0. The van der Waals surface area contributed by atoms with Crippen LogP contribution in [0.3, 0.4) is 0 Å². The molecule has 104 valence electrons. The SMILES string of the molecule is CC(O)NOP(=O)(ONC(C)O)ONC(C)O. The Morgan fingerprint density at radius 2 is 1.06 bits per heavy atom. The largest absolute Gasteiger partial charge is 0.524 e. The van der Waals surface area contributed by atoms with E-state index in [2.05, 4.69) is 13.9 Å². The first-order valence-electron chi connectivity index (χ1n) is 4.72. The molecule has 0 aromatic heterocycles. The predicted molar refractivity (Wildman–Crippen MR) is 55.3 cm³/mol. The second kappa shape index (κ2) is 8.06. The Balaban J connectivity index is 4.29. The number of hydroxylamine groups is 3. The fourth-order valence-electron chi connectivity index (χ4n) is 0.478. The molecular formula is C6H18N3O7P. The van der Waals surface area contributed by atoms with Crippen LogP contribution in [0, 0.1) is 0 Å². The lowest BCUT2D eigenvalue weighted by Crippen LogP contribution is -2.33. The third kappa shape index (κ3) is 9.56. The van der Waals surface area contributed by atoms with E-state index in [0.29, 0.717) is 0 Å². The zero-order valence-electron chi connectivity index (χ0n) is 9.65. The molecule has 0 bridgehead atoms. The smallest absolute Gasteiger partial charge is 0.377 e. The van der Waals surface area contributed by atoms with Gasteiger partial charge in [-0.1, -0.05) is 0 Å². The third-order valence-electron chi connectivity index (χ3n) is 1.01. The molecular weight excluding hydrogens is 257 g/mol. The van der Waals surface area contributed by atoms with E-state index in [-0.39, 0.29) is 0 Å². The Hall–Kier alpha value is -0.130. The Kier molecular flexibility index (Phi) is 8.00. The monoisotopic (exact) mass is 275 g/mol. The lowest BCUT2D eigenvalue weighted by Gasteiger charge is -2.20. The number of hydrogen-bond acceptors (Lipinski definition) is 10. The highest BCUT2D eigenvalue weighted by molar-refractivity contribution is 7.48. The summed E-state index contributed by atoms with van der Waals surface area (Å²) in [6, 6.07) is 0. The summed E-state index contributed by atoms with van der Waals surface area (Å²) in [4.78, 5) is 0. The molecule has 0 spiro atoms. The number of aliphatic hydroxyl groups is 3. The first-order valence-corrected chi connectivity index (χ1v) is 6.18. The van der Waals surface area contributed by atoms with Gasteiger partial charge in [0.2, 0.25) is 0 Å². The molecule has 0 aromatic carbocycles. The van der Waals surface area contributed by atoms with Gasteiger partial charge >= 0.3 is 7.82 Å². The van der Waals surface area contributed by atoms with Crippen molar-refractivity contribution in [3.05, 3.63) is 0 Å². The van der Waals surface area contributed by atoms with Crippen molar-refractivity contribution in [2.24, 2.45) is 0 Å². The Morgan fingerprint density at radius 1 is 0.824 bits per heavy atom. The van der Waals surface area contributed by atoms with Gasteiger partial charge in [0.15, 0.2) is 0 Å². The summed E-state index contributed by atoms with van der Waals surface area (Å²) in [6.45, 7) is 3.90. The molecule has 3 unspecified atom stereocenters. The average Bonchev–Trinajstić information content (AvgIpc) is 2.21. The number of rotatable bonds is 9. The first-order chi connectivity index (χ1) is 7.75. The van der Waals surface area contributed by atoms with Crippen LogP contribution in [0.1, 0.15) is 20.8 Å².